The summed E-state index contributed by atoms with van der Waals surface area (Å²) in [5.41, 5.74) is -0.148. The van der Waals surface area contributed by atoms with Crippen LogP contribution in [0.2, 0.25) is 0 Å². The minimum Gasteiger partial charge on any atom is -0.394 e. The molecular weight excluding hydrogens is 130 g/mol. The lowest BCUT2D eigenvalue weighted by Crippen LogP contribution is -2.46. The third-order valence-corrected chi connectivity index (χ3v) is 0.932. The Morgan fingerprint density at radius 3 is 2.20 bits per heavy atom. The van der Waals surface area contributed by atoms with Gasteiger partial charge in [0.2, 0.25) is 6.29 Å². The fourth-order valence-electron chi connectivity index (χ4n) is 0.635. The van der Waals surface area contributed by atoms with Crippen LogP contribution in [-0.4, -0.2) is 29.6 Å². The average molecular weight is 144 g/mol. The topological polar surface area (TPSA) is 49.3 Å². The molecule has 0 aliphatic carbocycles. The van der Waals surface area contributed by atoms with Crippen molar-refractivity contribution in [3.05, 3.63) is 0 Å². The zero-order valence-corrected chi connectivity index (χ0v) is 6.64. The van der Waals surface area contributed by atoms with Crippen LogP contribution in [0.3, 0.4) is 0 Å². The Morgan fingerprint density at radius 1 is 1.60 bits per heavy atom. The number of aliphatic hydroxyl groups is 1. The molecular formula is C7H14NO2. The molecule has 0 unspecified atom stereocenters. The van der Waals surface area contributed by atoms with E-state index in [1.54, 1.807) is 6.29 Å². The maximum absolute atomic E-state index is 10.1. The van der Waals surface area contributed by atoms with Gasteiger partial charge < -0.3 is 10.4 Å². The minimum atomic E-state index is -0.556. The first-order chi connectivity index (χ1) is 4.49. The van der Waals surface area contributed by atoms with Gasteiger partial charge in [0, 0.05) is 5.54 Å². The number of rotatable bonds is 3. The molecule has 0 spiro atoms. The Bertz CT molecular complexity index is 107. The van der Waals surface area contributed by atoms with Gasteiger partial charge in [-0.15, -0.1) is 0 Å². The van der Waals surface area contributed by atoms with Gasteiger partial charge in [0.15, 0.2) is 0 Å². The first kappa shape index (κ1) is 9.59. The highest BCUT2D eigenvalue weighted by Crippen LogP contribution is 1.99. The Hall–Kier alpha value is -0.410. The second-order valence-electron chi connectivity index (χ2n) is 3.25. The second kappa shape index (κ2) is 3.68. The summed E-state index contributed by atoms with van der Waals surface area (Å²) in [6.07, 6.45) is 1.70. The van der Waals surface area contributed by atoms with Gasteiger partial charge in [-0.2, -0.15) is 0 Å². The highest BCUT2D eigenvalue weighted by atomic mass is 16.3. The van der Waals surface area contributed by atoms with Crippen LogP contribution in [-0.2, 0) is 4.79 Å². The van der Waals surface area contributed by atoms with Crippen LogP contribution < -0.4 is 5.32 Å². The molecule has 0 aromatic rings. The summed E-state index contributed by atoms with van der Waals surface area (Å²) in [5.74, 6) is 0. The van der Waals surface area contributed by atoms with Crippen molar-refractivity contribution in [2.24, 2.45) is 0 Å². The predicted octanol–water partition coefficient (Wildman–Crippen LogP) is -0.155. The average Bonchev–Trinajstić information content (AvgIpc) is 1.81. The molecule has 0 amide bonds. The summed E-state index contributed by atoms with van der Waals surface area (Å²) < 4.78 is 0. The molecule has 2 N–H and O–H groups in total. The lowest BCUT2D eigenvalue weighted by molar-refractivity contribution is 0.244. The van der Waals surface area contributed by atoms with E-state index < -0.39 is 6.04 Å². The molecule has 3 nitrogen and oxygen atoms in total. The van der Waals surface area contributed by atoms with Crippen LogP contribution in [0.4, 0.5) is 0 Å². The molecule has 3 heteroatoms. The molecule has 0 rings (SSSR count). The second-order valence-corrected chi connectivity index (χ2v) is 3.25. The van der Waals surface area contributed by atoms with Gasteiger partial charge >= 0.3 is 0 Å². The Morgan fingerprint density at radius 2 is 2.10 bits per heavy atom. The third-order valence-electron chi connectivity index (χ3n) is 0.932. The van der Waals surface area contributed by atoms with Crippen molar-refractivity contribution in [2.45, 2.75) is 32.4 Å². The number of aliphatic hydroxyl groups excluding tert-OH is 1. The maximum atomic E-state index is 10.1. The molecule has 1 atom stereocenters. The van der Waals surface area contributed by atoms with Crippen LogP contribution >= 0.6 is 0 Å². The third kappa shape index (κ3) is 4.47. The van der Waals surface area contributed by atoms with Crippen LogP contribution in [0, 0.1) is 0 Å². The highest BCUT2D eigenvalue weighted by Gasteiger charge is 2.15. The molecule has 0 aromatic heterocycles. The molecule has 0 saturated heterocycles. The minimum absolute atomic E-state index is 0.148. The van der Waals surface area contributed by atoms with Crippen molar-refractivity contribution >= 4 is 6.29 Å². The molecule has 0 saturated carbocycles. The number of hydrogen-bond acceptors (Lipinski definition) is 3. The first-order valence-electron chi connectivity index (χ1n) is 3.26. The zero-order chi connectivity index (χ0) is 8.20. The fraction of sp³-hybridized carbons (Fsp3) is 0.857. The summed E-state index contributed by atoms with van der Waals surface area (Å²) in [6.45, 7) is 5.58. The van der Waals surface area contributed by atoms with Crippen LogP contribution in [0.5, 0.6) is 0 Å². The molecule has 0 aliphatic rings. The van der Waals surface area contributed by atoms with Gasteiger partial charge in [-0.1, -0.05) is 0 Å². The number of hydrogen-bond donors (Lipinski definition) is 2. The van der Waals surface area contributed by atoms with Gasteiger partial charge in [-0.3, -0.25) is 4.79 Å². The van der Waals surface area contributed by atoms with E-state index in [2.05, 4.69) is 5.32 Å². The molecule has 0 fully saturated rings. The monoisotopic (exact) mass is 144 g/mol. The standard InChI is InChI=1S/C7H14NO2/c1-7(2,3)8-6(4-9)5-10/h6,8-9H,4H2,1-3H3/t6-/m0/s1. The van der Waals surface area contributed by atoms with E-state index in [0.29, 0.717) is 0 Å². The number of carbonyl (C=O) groups excluding carboxylic acids is 1. The SMILES string of the molecule is CC(C)(C)N[C@H]([C]=O)CO. The van der Waals surface area contributed by atoms with Crippen LogP contribution in [0.1, 0.15) is 20.8 Å². The van der Waals surface area contributed by atoms with E-state index in [9.17, 15) is 4.79 Å². The van der Waals surface area contributed by atoms with Gasteiger partial charge in [-0.25, -0.2) is 0 Å². The van der Waals surface area contributed by atoms with Crippen molar-refractivity contribution in [1.82, 2.24) is 5.32 Å². The van der Waals surface area contributed by atoms with Gasteiger partial charge in [0.25, 0.3) is 0 Å². The van der Waals surface area contributed by atoms with Crippen LogP contribution in [0.15, 0.2) is 0 Å². The van der Waals surface area contributed by atoms with Gasteiger partial charge in [0.05, 0.1) is 12.6 Å². The van der Waals surface area contributed by atoms with Gasteiger partial charge in [-0.05, 0) is 20.8 Å². The van der Waals surface area contributed by atoms with E-state index in [0.717, 1.165) is 0 Å². The van der Waals surface area contributed by atoms with E-state index in [1.807, 2.05) is 20.8 Å². The smallest absolute Gasteiger partial charge is 0.219 e. The van der Waals surface area contributed by atoms with Crippen molar-refractivity contribution in [3.8, 4) is 0 Å². The summed E-state index contributed by atoms with van der Waals surface area (Å²) in [7, 11) is 0. The molecule has 0 aromatic carbocycles. The Kier molecular flexibility index (Phi) is 3.53. The Labute approximate surface area is 61.4 Å². The van der Waals surface area contributed by atoms with Crippen molar-refractivity contribution in [1.29, 1.82) is 0 Å². The Balaban J connectivity index is 3.74. The predicted molar refractivity (Wildman–Crippen MR) is 39.5 cm³/mol. The molecule has 0 aliphatic heterocycles. The fourth-order valence-corrected chi connectivity index (χ4v) is 0.635. The first-order valence-corrected chi connectivity index (χ1v) is 3.26. The molecule has 0 bridgehead atoms. The summed E-state index contributed by atoms with van der Waals surface area (Å²) in [4.78, 5) is 10.1. The maximum Gasteiger partial charge on any atom is 0.219 e. The summed E-state index contributed by atoms with van der Waals surface area (Å²) >= 11 is 0. The van der Waals surface area contributed by atoms with E-state index in [4.69, 9.17) is 5.11 Å². The van der Waals surface area contributed by atoms with Crippen LogP contribution in [0.25, 0.3) is 0 Å². The quantitative estimate of drug-likeness (QED) is 0.579. The zero-order valence-electron chi connectivity index (χ0n) is 6.64. The molecule has 0 heterocycles. The van der Waals surface area contributed by atoms with Crippen molar-refractivity contribution in [3.63, 3.8) is 0 Å². The normalized spacial score (nSPS) is 14.8. The summed E-state index contributed by atoms with van der Waals surface area (Å²) in [6, 6.07) is -0.556. The molecule has 59 valence electrons. The van der Waals surface area contributed by atoms with Gasteiger partial charge in [0.1, 0.15) is 0 Å². The molecule has 1 radical (unpaired) electrons. The lowest BCUT2D eigenvalue weighted by atomic mass is 10.1. The van der Waals surface area contributed by atoms with Crippen molar-refractivity contribution < 1.29 is 9.90 Å². The van der Waals surface area contributed by atoms with E-state index in [1.165, 1.54) is 0 Å². The van der Waals surface area contributed by atoms with Crippen molar-refractivity contribution in [2.75, 3.05) is 6.61 Å². The largest absolute Gasteiger partial charge is 0.394 e. The highest BCUT2D eigenvalue weighted by molar-refractivity contribution is 5.58. The van der Waals surface area contributed by atoms with E-state index in [-0.39, 0.29) is 12.1 Å². The molecule has 10 heavy (non-hydrogen) atoms. The summed E-state index contributed by atoms with van der Waals surface area (Å²) in [5, 5.41) is 11.4. The lowest BCUT2D eigenvalue weighted by Gasteiger charge is -2.23. The van der Waals surface area contributed by atoms with E-state index >= 15 is 0 Å². The number of nitrogens with one attached hydrogen (secondary N) is 1.